The summed E-state index contributed by atoms with van der Waals surface area (Å²) in [5.74, 6) is 0.159. The van der Waals surface area contributed by atoms with Gasteiger partial charge < -0.3 is 20.2 Å². The van der Waals surface area contributed by atoms with Crippen LogP contribution in [0.5, 0.6) is 0 Å². The van der Waals surface area contributed by atoms with E-state index in [9.17, 15) is 4.79 Å². The Kier molecular flexibility index (Phi) is 11.6. The minimum absolute atomic E-state index is 0.159. The highest BCUT2D eigenvalue weighted by Crippen LogP contribution is 2.34. The fourth-order valence-corrected chi connectivity index (χ4v) is 8.75. The van der Waals surface area contributed by atoms with Crippen molar-refractivity contribution in [2.24, 2.45) is 0 Å². The molecular weight excluding hydrogens is 871 g/mol. The SMILES string of the molecule is CC(=O)N1CCC(Nc2cc(-c3ccc4cc[nH]c4c3)c3nccnc3c2)CC1.Clc1cc(-c2ccc3cc[nH]c3c2)c2nccnc2c1.Clc1cc(Br)c2nccnc2c1. The first kappa shape index (κ1) is 40.0. The summed E-state index contributed by atoms with van der Waals surface area (Å²) in [6.07, 6.45) is 15.9. The van der Waals surface area contributed by atoms with Crippen LogP contribution >= 0.6 is 39.1 Å². The molecule has 1 aliphatic rings. The summed E-state index contributed by atoms with van der Waals surface area (Å²) in [5.41, 5.74) is 12.6. The van der Waals surface area contributed by atoms with E-state index in [2.05, 4.69) is 122 Å². The van der Waals surface area contributed by atoms with Crippen LogP contribution in [0.1, 0.15) is 19.8 Å². The molecule has 0 aliphatic carbocycles. The molecule has 0 spiro atoms. The van der Waals surface area contributed by atoms with Crippen LogP contribution < -0.4 is 5.32 Å². The monoisotopic (exact) mass is 906 g/mol. The van der Waals surface area contributed by atoms with Gasteiger partial charge in [0.25, 0.3) is 0 Å². The molecule has 61 heavy (non-hydrogen) atoms. The Labute approximate surface area is 368 Å². The van der Waals surface area contributed by atoms with Crippen molar-refractivity contribution in [3.05, 3.63) is 149 Å². The second-order valence-corrected chi connectivity index (χ2v) is 16.3. The summed E-state index contributed by atoms with van der Waals surface area (Å²) in [6, 6.07) is 28.8. The number of carbonyl (C=O) groups is 1. The second kappa shape index (κ2) is 17.6. The highest BCUT2D eigenvalue weighted by Gasteiger charge is 2.21. The number of likely N-dealkylation sites (tertiary alicyclic amines) is 1. The Balaban J connectivity index is 0.000000128. The second-order valence-electron chi connectivity index (χ2n) is 14.6. The minimum atomic E-state index is 0.159. The fraction of sp³-hybridized carbons (Fsp3) is 0.128. The van der Waals surface area contributed by atoms with Gasteiger partial charge in [0, 0.05) is 118 Å². The van der Waals surface area contributed by atoms with Crippen molar-refractivity contribution < 1.29 is 4.79 Å². The van der Waals surface area contributed by atoms with E-state index < -0.39 is 0 Å². The number of fused-ring (bicyclic) bond motifs is 5. The van der Waals surface area contributed by atoms with Gasteiger partial charge in [0.2, 0.25) is 5.91 Å². The van der Waals surface area contributed by atoms with Crippen LogP contribution in [0.15, 0.2) is 139 Å². The first-order chi connectivity index (χ1) is 29.8. The molecule has 5 aromatic heterocycles. The first-order valence-electron chi connectivity index (χ1n) is 19.6. The number of rotatable bonds is 4. The summed E-state index contributed by atoms with van der Waals surface area (Å²) >= 11 is 15.4. The molecule has 302 valence electrons. The van der Waals surface area contributed by atoms with Gasteiger partial charge >= 0.3 is 0 Å². The number of aromatic nitrogens is 8. The first-order valence-corrected chi connectivity index (χ1v) is 21.2. The maximum absolute atomic E-state index is 11.6. The van der Waals surface area contributed by atoms with Crippen molar-refractivity contribution in [1.82, 2.24) is 44.8 Å². The molecule has 0 bridgehead atoms. The van der Waals surface area contributed by atoms with Gasteiger partial charge in [-0.15, -0.1) is 0 Å². The summed E-state index contributed by atoms with van der Waals surface area (Å²) in [4.78, 5) is 46.2. The van der Waals surface area contributed by atoms with Crippen LogP contribution in [0.4, 0.5) is 5.69 Å². The molecule has 1 fully saturated rings. The number of halogens is 3. The highest BCUT2D eigenvalue weighted by atomic mass is 79.9. The van der Waals surface area contributed by atoms with E-state index in [1.54, 1.807) is 56.2 Å². The normalized spacial score (nSPS) is 13.0. The largest absolute Gasteiger partial charge is 0.382 e. The number of piperidine rings is 1. The van der Waals surface area contributed by atoms with Crippen molar-refractivity contribution in [2.45, 2.75) is 25.8 Å². The Morgan fingerprint density at radius 2 is 1.11 bits per heavy atom. The van der Waals surface area contributed by atoms with Gasteiger partial charge in [-0.1, -0.05) is 47.5 Å². The quantitative estimate of drug-likeness (QED) is 0.158. The lowest BCUT2D eigenvalue weighted by Crippen LogP contribution is -2.41. The van der Waals surface area contributed by atoms with Gasteiger partial charge in [-0.2, -0.15) is 0 Å². The van der Waals surface area contributed by atoms with E-state index in [-0.39, 0.29) is 5.91 Å². The van der Waals surface area contributed by atoms with Crippen molar-refractivity contribution in [3.8, 4) is 22.3 Å². The van der Waals surface area contributed by atoms with E-state index in [1.165, 1.54) is 10.8 Å². The van der Waals surface area contributed by atoms with E-state index in [0.717, 1.165) is 102 Å². The number of nitrogens with zero attached hydrogens (tertiary/aromatic N) is 7. The lowest BCUT2D eigenvalue weighted by atomic mass is 10.00. The molecule has 1 saturated heterocycles. The Bertz CT molecular complexity index is 3200. The van der Waals surface area contributed by atoms with Crippen molar-refractivity contribution in [3.63, 3.8) is 0 Å². The van der Waals surface area contributed by atoms with Crippen molar-refractivity contribution in [2.75, 3.05) is 18.4 Å². The summed E-state index contributed by atoms with van der Waals surface area (Å²) in [5, 5.41) is 7.37. The number of hydrogen-bond donors (Lipinski definition) is 3. The van der Waals surface area contributed by atoms with E-state index >= 15 is 0 Å². The predicted octanol–water partition coefficient (Wildman–Crippen LogP) is 11.7. The van der Waals surface area contributed by atoms with Gasteiger partial charge in [0.05, 0.1) is 27.6 Å². The number of H-pyrrole nitrogens is 2. The summed E-state index contributed by atoms with van der Waals surface area (Å²) < 4.78 is 0.873. The predicted molar refractivity (Wildman–Crippen MR) is 250 cm³/mol. The van der Waals surface area contributed by atoms with Gasteiger partial charge in [0.15, 0.2) is 0 Å². The number of hydrogen-bond acceptors (Lipinski definition) is 8. The fourth-order valence-electron chi connectivity index (χ4n) is 7.64. The molecule has 10 aromatic rings. The number of nitrogens with one attached hydrogen (secondary N) is 3. The zero-order valence-electron chi connectivity index (χ0n) is 32.8. The number of carbonyl (C=O) groups excluding carboxylic acids is 1. The van der Waals surface area contributed by atoms with Crippen molar-refractivity contribution >= 4 is 106 Å². The Morgan fingerprint density at radius 3 is 1.69 bits per heavy atom. The van der Waals surface area contributed by atoms with Gasteiger partial charge in [-0.05, 0) is 111 Å². The molecule has 0 radical (unpaired) electrons. The third-order valence-electron chi connectivity index (χ3n) is 10.6. The molecule has 1 aliphatic heterocycles. The maximum atomic E-state index is 11.6. The molecular formula is C47H37BrCl2N10O. The number of benzene rings is 5. The summed E-state index contributed by atoms with van der Waals surface area (Å²) in [7, 11) is 0. The van der Waals surface area contributed by atoms with Crippen molar-refractivity contribution in [1.29, 1.82) is 0 Å². The van der Waals surface area contributed by atoms with E-state index in [4.69, 9.17) is 23.2 Å². The number of aromatic amines is 2. The standard InChI is InChI=1S/C23H23N5O.C16H10ClN3.C8H4BrClN2/c1-15(29)28-10-5-18(6-11-28)27-19-13-20(23-22(14-19)25-8-9-26-23)17-3-2-16-4-7-24-21(16)12-17;17-12-8-13(16-15(9-12)19-5-6-20-16)11-2-1-10-3-4-18-14(10)7-11;9-6-3-5(10)4-7-8(6)12-2-1-11-7/h2-4,7-9,12-14,18,24,27H,5-6,10-11H2,1H3;1-9,18H;1-4H. The molecule has 1 amide bonds. The van der Waals surface area contributed by atoms with Gasteiger partial charge in [0.1, 0.15) is 5.52 Å². The topological polar surface area (TPSA) is 141 Å². The van der Waals surface area contributed by atoms with Crippen LogP contribution in [0.3, 0.4) is 0 Å². The van der Waals surface area contributed by atoms with Gasteiger partial charge in [-0.25, -0.2) is 0 Å². The van der Waals surface area contributed by atoms with Crippen LogP contribution in [-0.2, 0) is 4.79 Å². The summed E-state index contributed by atoms with van der Waals surface area (Å²) in [6.45, 7) is 3.25. The molecule has 3 N–H and O–H groups in total. The minimum Gasteiger partial charge on any atom is -0.382 e. The van der Waals surface area contributed by atoms with Crippen LogP contribution in [0.25, 0.3) is 77.2 Å². The Morgan fingerprint density at radius 1 is 0.623 bits per heavy atom. The molecule has 0 atom stereocenters. The molecule has 14 heteroatoms. The third-order valence-corrected chi connectivity index (χ3v) is 11.7. The molecule has 0 unspecified atom stereocenters. The van der Waals surface area contributed by atoms with E-state index in [1.807, 2.05) is 29.4 Å². The average Bonchev–Trinajstić information content (AvgIpc) is 3.96. The zero-order chi connectivity index (χ0) is 41.9. The molecule has 0 saturated carbocycles. The van der Waals surface area contributed by atoms with Gasteiger partial charge in [-0.3, -0.25) is 34.7 Å². The molecule has 5 aromatic carbocycles. The molecule has 11 rings (SSSR count). The number of amides is 1. The van der Waals surface area contributed by atoms with Crippen LogP contribution in [-0.4, -0.2) is 69.8 Å². The smallest absolute Gasteiger partial charge is 0.219 e. The molecule has 6 heterocycles. The average molecular weight is 909 g/mol. The molecule has 11 nitrogen and oxygen atoms in total. The maximum Gasteiger partial charge on any atom is 0.219 e. The van der Waals surface area contributed by atoms with E-state index in [0.29, 0.717) is 16.1 Å². The van der Waals surface area contributed by atoms with Crippen LogP contribution in [0.2, 0.25) is 10.0 Å². The Hall–Kier alpha value is -6.47. The third kappa shape index (κ3) is 8.88. The zero-order valence-corrected chi connectivity index (χ0v) is 35.9. The number of anilines is 1. The highest BCUT2D eigenvalue weighted by molar-refractivity contribution is 9.10. The lowest BCUT2D eigenvalue weighted by molar-refractivity contribution is -0.129. The lowest BCUT2D eigenvalue weighted by Gasteiger charge is -2.32. The van der Waals surface area contributed by atoms with Crippen LogP contribution in [0, 0.1) is 0 Å².